The maximum atomic E-state index is 15.6. The van der Waals surface area contributed by atoms with Crippen molar-refractivity contribution in [1.29, 1.82) is 0 Å². The number of pyridine rings is 1. The largest absolute Gasteiger partial charge is 0.494 e. The monoisotopic (exact) mass is 634 g/mol. The Hall–Kier alpha value is -4.71. The van der Waals surface area contributed by atoms with Crippen LogP contribution >= 0.6 is 0 Å². The lowest BCUT2D eigenvalue weighted by atomic mass is 9.93. The fourth-order valence-corrected chi connectivity index (χ4v) is 7.11. The molecule has 4 aromatic rings. The summed E-state index contributed by atoms with van der Waals surface area (Å²) < 4.78 is 48.0. The molecule has 0 aliphatic carbocycles. The highest BCUT2D eigenvalue weighted by atomic mass is 32.2. The van der Waals surface area contributed by atoms with Crippen LogP contribution in [0.15, 0.2) is 77.8 Å². The van der Waals surface area contributed by atoms with E-state index < -0.39 is 50.8 Å². The van der Waals surface area contributed by atoms with Crippen molar-refractivity contribution in [2.45, 2.75) is 49.4 Å². The van der Waals surface area contributed by atoms with Crippen LogP contribution in [0, 0.1) is 11.7 Å². The summed E-state index contributed by atoms with van der Waals surface area (Å²) in [7, 11) is -3.85. The number of carbonyl (C=O) groups excluding carboxylic acids is 1. The molecule has 1 aliphatic rings. The molecule has 1 aliphatic heterocycles. The van der Waals surface area contributed by atoms with E-state index in [2.05, 4.69) is 10.3 Å². The zero-order chi connectivity index (χ0) is 32.5. The van der Waals surface area contributed by atoms with Crippen LogP contribution in [0.2, 0.25) is 0 Å². The lowest BCUT2D eigenvalue weighted by Gasteiger charge is -2.33. The summed E-state index contributed by atoms with van der Waals surface area (Å²) in [5, 5.41) is 14.0. The molecule has 4 N–H and O–H groups in total. The summed E-state index contributed by atoms with van der Waals surface area (Å²) in [6, 6.07) is 14.8. The van der Waals surface area contributed by atoms with E-state index in [1.54, 1.807) is 69.4 Å². The smallest absolute Gasteiger partial charge is 0.309 e. The molecule has 0 spiro atoms. The van der Waals surface area contributed by atoms with Crippen LogP contribution in [-0.2, 0) is 19.4 Å². The van der Waals surface area contributed by atoms with E-state index >= 15 is 4.39 Å². The SMILES string of the molecule is CCOc1ccc(F)c([C@H](Nc2ccc3c(N)nccc3c2)C(=O)N2CC[C@H](C(=O)O)[C@@H]2c2ccccc2S(=O)(=O)C(C)C)c1. The number of sulfone groups is 1. The van der Waals surface area contributed by atoms with Crippen molar-refractivity contribution in [3.05, 3.63) is 89.9 Å². The number of nitrogens with two attached hydrogens (primary N) is 1. The van der Waals surface area contributed by atoms with Gasteiger partial charge < -0.3 is 25.8 Å². The second-order valence-electron chi connectivity index (χ2n) is 11.2. The predicted molar refractivity (Wildman–Crippen MR) is 169 cm³/mol. The van der Waals surface area contributed by atoms with E-state index in [1.165, 1.54) is 29.2 Å². The highest BCUT2D eigenvalue weighted by molar-refractivity contribution is 7.92. The normalized spacial score (nSPS) is 17.4. The van der Waals surface area contributed by atoms with Gasteiger partial charge in [-0.05, 0) is 86.7 Å². The number of hydrogen-bond acceptors (Lipinski definition) is 8. The third-order valence-corrected chi connectivity index (χ3v) is 10.3. The van der Waals surface area contributed by atoms with E-state index in [0.717, 1.165) is 5.39 Å². The average molecular weight is 635 g/mol. The van der Waals surface area contributed by atoms with Gasteiger partial charge in [0.15, 0.2) is 9.84 Å². The quantitative estimate of drug-likeness (QED) is 0.209. The Morgan fingerprint density at radius 3 is 2.60 bits per heavy atom. The Bertz CT molecular complexity index is 1870. The maximum Gasteiger partial charge on any atom is 0.309 e. The number of nitrogen functional groups attached to an aromatic ring is 1. The molecule has 12 heteroatoms. The molecule has 3 atom stereocenters. The molecular weight excluding hydrogens is 599 g/mol. The maximum absolute atomic E-state index is 15.6. The average Bonchev–Trinajstić information content (AvgIpc) is 3.46. The number of rotatable bonds is 10. The van der Waals surface area contributed by atoms with Crippen LogP contribution in [-0.4, -0.2) is 53.7 Å². The highest BCUT2D eigenvalue weighted by Crippen LogP contribution is 2.43. The first kappa shape index (κ1) is 31.7. The number of likely N-dealkylation sites (tertiary alicyclic amines) is 1. The number of anilines is 2. The number of aromatic nitrogens is 1. The topological polar surface area (TPSA) is 152 Å². The number of nitrogens with one attached hydrogen (secondary N) is 1. The molecule has 0 unspecified atom stereocenters. The van der Waals surface area contributed by atoms with E-state index in [-0.39, 0.29) is 29.0 Å². The number of halogens is 1. The fraction of sp³-hybridized carbons (Fsp3) is 0.303. The van der Waals surface area contributed by atoms with Crippen LogP contribution in [0.1, 0.15) is 50.4 Å². The van der Waals surface area contributed by atoms with Crippen LogP contribution in [0.4, 0.5) is 15.9 Å². The number of hydrogen-bond donors (Lipinski definition) is 3. The fourth-order valence-electron chi connectivity index (χ4n) is 5.82. The molecule has 0 radical (unpaired) electrons. The summed E-state index contributed by atoms with van der Waals surface area (Å²) in [5.41, 5.74) is 6.69. The first-order valence-corrected chi connectivity index (χ1v) is 16.2. The molecule has 0 bridgehead atoms. The molecule has 5 rings (SSSR count). The summed E-state index contributed by atoms with van der Waals surface area (Å²) in [6.07, 6.45) is 1.64. The summed E-state index contributed by atoms with van der Waals surface area (Å²) in [4.78, 5) is 32.5. The van der Waals surface area contributed by atoms with Crippen LogP contribution in [0.5, 0.6) is 5.75 Å². The molecule has 236 valence electrons. The molecule has 1 aromatic heterocycles. The van der Waals surface area contributed by atoms with Crippen LogP contribution < -0.4 is 15.8 Å². The van der Waals surface area contributed by atoms with Crippen molar-refractivity contribution in [2.75, 3.05) is 24.2 Å². The van der Waals surface area contributed by atoms with E-state index in [4.69, 9.17) is 10.5 Å². The van der Waals surface area contributed by atoms with E-state index in [0.29, 0.717) is 29.2 Å². The van der Waals surface area contributed by atoms with E-state index in [1.807, 2.05) is 0 Å². The second kappa shape index (κ2) is 12.7. The standard InChI is InChI=1S/C33H35FN4O6S/c1-4-44-22-10-12-27(34)26(18-22)29(37-21-9-11-23-20(17-21)13-15-36-31(23)35)32(39)38-16-14-25(33(40)41)30(38)24-7-5-6-8-28(24)45(42,43)19(2)3/h5-13,15,17-19,25,29-30,37H,4,14,16H2,1-3H3,(H2,35,36)(H,40,41)/t25-,29-,30-/m0/s1. The third kappa shape index (κ3) is 6.15. The number of ether oxygens (including phenoxy) is 1. The Morgan fingerprint density at radius 1 is 1.13 bits per heavy atom. The van der Waals surface area contributed by atoms with Gasteiger partial charge in [0.05, 0.1) is 28.7 Å². The van der Waals surface area contributed by atoms with Gasteiger partial charge in [-0.1, -0.05) is 18.2 Å². The first-order chi connectivity index (χ1) is 21.4. The molecule has 45 heavy (non-hydrogen) atoms. The number of carboxylic acid groups (broad SMARTS) is 1. The highest BCUT2D eigenvalue weighted by Gasteiger charge is 2.46. The van der Waals surface area contributed by atoms with Crippen molar-refractivity contribution in [1.82, 2.24) is 9.88 Å². The van der Waals surface area contributed by atoms with Crippen molar-refractivity contribution in [3.8, 4) is 5.75 Å². The number of carbonyl (C=O) groups is 2. The molecule has 1 fully saturated rings. The molecule has 2 heterocycles. The Balaban J connectivity index is 1.64. The summed E-state index contributed by atoms with van der Waals surface area (Å²) in [5.74, 6) is -2.87. The lowest BCUT2D eigenvalue weighted by molar-refractivity contribution is -0.143. The van der Waals surface area contributed by atoms with Crippen molar-refractivity contribution >= 4 is 44.0 Å². The van der Waals surface area contributed by atoms with Crippen molar-refractivity contribution in [3.63, 3.8) is 0 Å². The van der Waals surface area contributed by atoms with Crippen LogP contribution in [0.3, 0.4) is 0 Å². The Kier molecular flexibility index (Phi) is 8.96. The van der Waals surface area contributed by atoms with Gasteiger partial charge in [0, 0.05) is 29.4 Å². The van der Waals surface area contributed by atoms with Gasteiger partial charge in [-0.3, -0.25) is 9.59 Å². The van der Waals surface area contributed by atoms with Gasteiger partial charge in [-0.25, -0.2) is 17.8 Å². The molecule has 1 saturated heterocycles. The summed E-state index contributed by atoms with van der Waals surface area (Å²) >= 11 is 0. The molecule has 10 nitrogen and oxygen atoms in total. The van der Waals surface area contributed by atoms with Crippen molar-refractivity contribution in [2.24, 2.45) is 5.92 Å². The molecule has 0 saturated carbocycles. The molecular formula is C33H35FN4O6S. The number of fused-ring (bicyclic) bond motifs is 1. The van der Waals surface area contributed by atoms with Gasteiger partial charge >= 0.3 is 5.97 Å². The Morgan fingerprint density at radius 2 is 1.89 bits per heavy atom. The van der Waals surface area contributed by atoms with Gasteiger partial charge in [0.25, 0.3) is 0 Å². The molecule has 3 aromatic carbocycles. The summed E-state index contributed by atoms with van der Waals surface area (Å²) in [6.45, 7) is 5.19. The number of benzene rings is 3. The molecule has 1 amide bonds. The Labute approximate surface area is 260 Å². The first-order valence-electron chi connectivity index (χ1n) is 14.6. The minimum absolute atomic E-state index is 0.0131. The minimum Gasteiger partial charge on any atom is -0.494 e. The zero-order valence-corrected chi connectivity index (χ0v) is 25.9. The zero-order valence-electron chi connectivity index (χ0n) is 25.1. The number of carboxylic acids is 1. The van der Waals surface area contributed by atoms with Gasteiger partial charge in [-0.2, -0.15) is 0 Å². The number of aliphatic carboxylic acids is 1. The second-order valence-corrected chi connectivity index (χ2v) is 13.6. The van der Waals surface area contributed by atoms with Gasteiger partial charge in [0.1, 0.15) is 23.4 Å². The number of amides is 1. The third-order valence-electron chi connectivity index (χ3n) is 8.11. The number of nitrogens with zero attached hydrogens (tertiary/aromatic N) is 2. The van der Waals surface area contributed by atoms with Gasteiger partial charge in [-0.15, -0.1) is 0 Å². The van der Waals surface area contributed by atoms with Crippen LogP contribution in [0.25, 0.3) is 10.8 Å². The van der Waals surface area contributed by atoms with E-state index in [9.17, 15) is 23.1 Å². The van der Waals surface area contributed by atoms with Gasteiger partial charge in [0.2, 0.25) is 5.91 Å². The predicted octanol–water partition coefficient (Wildman–Crippen LogP) is 5.36. The van der Waals surface area contributed by atoms with Crippen molar-refractivity contribution < 1.29 is 32.2 Å². The minimum atomic E-state index is -3.85. The lowest BCUT2D eigenvalue weighted by Crippen LogP contribution is -2.40.